The maximum Gasteiger partial charge on any atom is 0.416 e. The number of nitrogens with zero attached hydrogens (tertiary/aromatic N) is 1. The minimum absolute atomic E-state index is 0.147. The van der Waals surface area contributed by atoms with Crippen LogP contribution in [0.1, 0.15) is 15.2 Å². The number of amides is 1. The molecule has 0 saturated carbocycles. The fourth-order valence-corrected chi connectivity index (χ4v) is 2.99. The molecule has 0 aliphatic carbocycles. The molecule has 1 amide bonds. The first-order chi connectivity index (χ1) is 11.9. The Morgan fingerprint density at radius 3 is 2.72 bits per heavy atom. The summed E-state index contributed by atoms with van der Waals surface area (Å²) in [5.74, 6) is -0.147. The Morgan fingerprint density at radius 1 is 1.16 bits per heavy atom. The Balaban J connectivity index is 1.64. The van der Waals surface area contributed by atoms with Gasteiger partial charge in [-0.1, -0.05) is 12.1 Å². The van der Waals surface area contributed by atoms with E-state index in [1.165, 1.54) is 23.6 Å². The van der Waals surface area contributed by atoms with E-state index < -0.39 is 11.7 Å². The number of halogens is 3. The number of aromatic nitrogens is 1. The second-order valence-corrected chi connectivity index (χ2v) is 6.20. The van der Waals surface area contributed by atoms with E-state index in [-0.39, 0.29) is 11.4 Å². The van der Waals surface area contributed by atoms with Crippen molar-refractivity contribution in [1.29, 1.82) is 0 Å². The number of carbonyl (C=O) groups excluding carboxylic acids is 1. The minimum Gasteiger partial charge on any atom is -0.383 e. The molecule has 2 aromatic heterocycles. The van der Waals surface area contributed by atoms with Crippen LogP contribution in [-0.2, 0) is 6.18 Å². The first-order valence-electron chi connectivity index (χ1n) is 7.47. The normalized spacial score (nSPS) is 11.5. The van der Waals surface area contributed by atoms with Crippen molar-refractivity contribution in [2.75, 3.05) is 18.4 Å². The molecule has 2 N–H and O–H groups in total. The Morgan fingerprint density at radius 2 is 2.00 bits per heavy atom. The molecule has 4 nitrogen and oxygen atoms in total. The highest BCUT2D eigenvalue weighted by molar-refractivity contribution is 7.12. The third-order valence-electron chi connectivity index (χ3n) is 3.54. The van der Waals surface area contributed by atoms with E-state index in [4.69, 9.17) is 0 Å². The number of hydrogen-bond acceptors (Lipinski definition) is 4. The molecule has 2 heterocycles. The van der Waals surface area contributed by atoms with E-state index in [1.54, 1.807) is 18.2 Å². The lowest BCUT2D eigenvalue weighted by Gasteiger charge is -2.12. The molecule has 3 rings (SSSR count). The summed E-state index contributed by atoms with van der Waals surface area (Å²) in [6.45, 7) is 0.832. The van der Waals surface area contributed by atoms with Gasteiger partial charge in [0.25, 0.3) is 5.91 Å². The topological polar surface area (TPSA) is 54.0 Å². The Bertz CT molecular complexity index is 878. The number of rotatable bonds is 5. The third-order valence-corrected chi connectivity index (χ3v) is 4.41. The van der Waals surface area contributed by atoms with Gasteiger partial charge in [-0.3, -0.25) is 9.78 Å². The molecule has 8 heteroatoms. The highest BCUT2D eigenvalue weighted by Gasteiger charge is 2.30. The number of hydrogen-bond donors (Lipinski definition) is 2. The van der Waals surface area contributed by atoms with Gasteiger partial charge in [-0.05, 0) is 29.6 Å². The highest BCUT2D eigenvalue weighted by atomic mass is 32.1. The summed E-state index contributed by atoms with van der Waals surface area (Å²) in [7, 11) is 0. The maximum atomic E-state index is 12.8. The van der Waals surface area contributed by atoms with E-state index in [0.29, 0.717) is 29.0 Å². The molecule has 0 spiro atoms. The summed E-state index contributed by atoms with van der Waals surface area (Å²) in [4.78, 5) is 16.4. The molecule has 0 aliphatic rings. The van der Waals surface area contributed by atoms with E-state index in [2.05, 4.69) is 15.6 Å². The van der Waals surface area contributed by atoms with Gasteiger partial charge in [-0.15, -0.1) is 11.3 Å². The van der Waals surface area contributed by atoms with Crippen LogP contribution in [0.25, 0.3) is 10.9 Å². The molecule has 0 atom stereocenters. The zero-order chi connectivity index (χ0) is 17.9. The number of fused-ring (bicyclic) bond motifs is 1. The predicted octanol–water partition coefficient (Wildman–Crippen LogP) is 4.16. The summed E-state index contributed by atoms with van der Waals surface area (Å²) in [5, 5.41) is 8.31. The van der Waals surface area contributed by atoms with Crippen molar-refractivity contribution in [3.63, 3.8) is 0 Å². The standard InChI is InChI=1S/C17H14F3N3OS/c18-17(19,20)11-3-4-12-13(5-6-21-14(12)10-11)22-7-8-23-16(24)15-2-1-9-25-15/h1-6,9-10H,7-8H2,(H,21,22)(H,23,24). The van der Waals surface area contributed by atoms with Crippen LogP contribution in [0, 0.1) is 0 Å². The molecule has 0 unspecified atom stereocenters. The molecular formula is C17H14F3N3OS. The van der Waals surface area contributed by atoms with Gasteiger partial charge in [-0.25, -0.2) is 0 Å². The number of pyridine rings is 1. The first kappa shape index (κ1) is 17.2. The first-order valence-corrected chi connectivity index (χ1v) is 8.34. The van der Waals surface area contributed by atoms with Gasteiger partial charge >= 0.3 is 6.18 Å². The molecule has 0 aliphatic heterocycles. The maximum absolute atomic E-state index is 12.8. The molecule has 3 aromatic rings. The van der Waals surface area contributed by atoms with Crippen molar-refractivity contribution < 1.29 is 18.0 Å². The van der Waals surface area contributed by atoms with Crippen molar-refractivity contribution in [2.24, 2.45) is 0 Å². The monoisotopic (exact) mass is 365 g/mol. The number of thiophene rings is 1. The minimum atomic E-state index is -4.40. The average Bonchev–Trinajstić information content (AvgIpc) is 3.12. The van der Waals surface area contributed by atoms with Gasteiger partial charge in [0, 0.05) is 30.4 Å². The van der Waals surface area contributed by atoms with Crippen LogP contribution in [-0.4, -0.2) is 24.0 Å². The van der Waals surface area contributed by atoms with Gasteiger partial charge in [0.2, 0.25) is 0 Å². The number of anilines is 1. The largest absolute Gasteiger partial charge is 0.416 e. The van der Waals surface area contributed by atoms with E-state index >= 15 is 0 Å². The van der Waals surface area contributed by atoms with Gasteiger partial charge in [0.1, 0.15) is 0 Å². The smallest absolute Gasteiger partial charge is 0.383 e. The predicted molar refractivity (Wildman–Crippen MR) is 91.9 cm³/mol. The Hall–Kier alpha value is -2.61. The van der Waals surface area contributed by atoms with E-state index in [1.807, 2.05) is 5.38 Å². The number of benzene rings is 1. The molecular weight excluding hydrogens is 351 g/mol. The molecule has 130 valence electrons. The summed E-state index contributed by atoms with van der Waals surface area (Å²) in [6.07, 6.45) is -2.94. The van der Waals surface area contributed by atoms with Crippen LogP contribution >= 0.6 is 11.3 Å². The van der Waals surface area contributed by atoms with Gasteiger partial charge < -0.3 is 10.6 Å². The summed E-state index contributed by atoms with van der Waals surface area (Å²) < 4.78 is 38.3. The number of alkyl halides is 3. The van der Waals surface area contributed by atoms with Crippen molar-refractivity contribution in [2.45, 2.75) is 6.18 Å². The zero-order valence-corrected chi connectivity index (χ0v) is 13.7. The van der Waals surface area contributed by atoms with Crippen molar-refractivity contribution in [3.05, 3.63) is 58.4 Å². The number of carbonyl (C=O) groups is 1. The average molecular weight is 365 g/mol. The molecule has 0 radical (unpaired) electrons. The van der Waals surface area contributed by atoms with Crippen LogP contribution in [0.4, 0.5) is 18.9 Å². The lowest BCUT2D eigenvalue weighted by atomic mass is 10.1. The summed E-state index contributed by atoms with van der Waals surface area (Å²) in [5.41, 5.74) is 0.208. The second kappa shape index (κ2) is 7.10. The van der Waals surface area contributed by atoms with Crippen molar-refractivity contribution in [3.8, 4) is 0 Å². The Kier molecular flexibility index (Phi) is 4.89. The Labute approximate surface area is 145 Å². The SMILES string of the molecule is O=C(NCCNc1ccnc2cc(C(F)(F)F)ccc12)c1cccs1. The van der Waals surface area contributed by atoms with E-state index in [9.17, 15) is 18.0 Å². The summed E-state index contributed by atoms with van der Waals surface area (Å²) >= 11 is 1.36. The zero-order valence-electron chi connectivity index (χ0n) is 12.9. The van der Waals surface area contributed by atoms with Gasteiger partial charge in [0.05, 0.1) is 16.0 Å². The van der Waals surface area contributed by atoms with E-state index in [0.717, 1.165) is 12.1 Å². The van der Waals surface area contributed by atoms with Crippen LogP contribution in [0.2, 0.25) is 0 Å². The van der Waals surface area contributed by atoms with Crippen molar-refractivity contribution in [1.82, 2.24) is 10.3 Å². The third kappa shape index (κ3) is 4.08. The molecule has 0 saturated heterocycles. The molecule has 25 heavy (non-hydrogen) atoms. The summed E-state index contributed by atoms with van der Waals surface area (Å²) in [6, 6.07) is 8.69. The fourth-order valence-electron chi connectivity index (χ4n) is 2.35. The van der Waals surface area contributed by atoms with Crippen LogP contribution < -0.4 is 10.6 Å². The van der Waals surface area contributed by atoms with Crippen LogP contribution in [0.5, 0.6) is 0 Å². The van der Waals surface area contributed by atoms with Gasteiger partial charge in [0.15, 0.2) is 0 Å². The van der Waals surface area contributed by atoms with Crippen LogP contribution in [0.15, 0.2) is 48.0 Å². The highest BCUT2D eigenvalue weighted by Crippen LogP contribution is 2.32. The van der Waals surface area contributed by atoms with Crippen molar-refractivity contribution >= 4 is 33.8 Å². The molecule has 0 fully saturated rings. The van der Waals surface area contributed by atoms with Gasteiger partial charge in [-0.2, -0.15) is 13.2 Å². The quantitative estimate of drug-likeness (QED) is 0.668. The lowest BCUT2D eigenvalue weighted by Crippen LogP contribution is -2.28. The molecule has 1 aromatic carbocycles. The fraction of sp³-hybridized carbons (Fsp3) is 0.176. The molecule has 0 bridgehead atoms. The second-order valence-electron chi connectivity index (χ2n) is 5.25. The lowest BCUT2D eigenvalue weighted by molar-refractivity contribution is -0.137. The number of nitrogens with one attached hydrogen (secondary N) is 2. The van der Waals surface area contributed by atoms with Crippen LogP contribution in [0.3, 0.4) is 0 Å².